The van der Waals surface area contributed by atoms with Gasteiger partial charge in [0.05, 0.1) is 0 Å². The average molecular weight is 164 g/mol. The lowest BCUT2D eigenvalue weighted by atomic mass is 9.97. The molecule has 2 nitrogen and oxygen atoms in total. The predicted octanol–water partition coefficient (Wildman–Crippen LogP) is 1.35. The largest absolute Gasteiger partial charge is 0.389 e. The summed E-state index contributed by atoms with van der Waals surface area (Å²) in [7, 11) is 0. The standard InChI is InChI=1S/C10H12O2/c1-8(10(12)7-11)9-5-3-2-4-6-9/h2-6,8,11H,7H2,1H3. The summed E-state index contributed by atoms with van der Waals surface area (Å²) in [4.78, 5) is 11.1. The number of carbonyl (C=O) groups is 1. The van der Waals surface area contributed by atoms with Gasteiger partial charge < -0.3 is 5.11 Å². The number of carbonyl (C=O) groups excluding carboxylic acids is 1. The van der Waals surface area contributed by atoms with E-state index >= 15 is 0 Å². The Morgan fingerprint density at radius 2 is 2.00 bits per heavy atom. The Kier molecular flexibility index (Phi) is 3.00. The molecule has 0 bridgehead atoms. The quantitative estimate of drug-likeness (QED) is 0.732. The minimum Gasteiger partial charge on any atom is -0.389 e. The summed E-state index contributed by atoms with van der Waals surface area (Å²) in [6, 6.07) is 9.45. The average Bonchev–Trinajstić information content (AvgIpc) is 2.17. The van der Waals surface area contributed by atoms with E-state index in [4.69, 9.17) is 5.11 Å². The molecule has 1 aromatic carbocycles. The zero-order valence-corrected chi connectivity index (χ0v) is 7.03. The topological polar surface area (TPSA) is 37.3 Å². The van der Waals surface area contributed by atoms with E-state index in [0.29, 0.717) is 0 Å². The van der Waals surface area contributed by atoms with Gasteiger partial charge in [-0.2, -0.15) is 0 Å². The number of aliphatic hydroxyl groups is 1. The maximum Gasteiger partial charge on any atom is 0.165 e. The molecule has 0 aliphatic heterocycles. The van der Waals surface area contributed by atoms with Crippen LogP contribution in [0.3, 0.4) is 0 Å². The Labute approximate surface area is 71.8 Å². The Morgan fingerprint density at radius 3 is 2.50 bits per heavy atom. The van der Waals surface area contributed by atoms with E-state index in [1.807, 2.05) is 30.3 Å². The van der Waals surface area contributed by atoms with Gasteiger partial charge in [0.1, 0.15) is 6.61 Å². The van der Waals surface area contributed by atoms with Gasteiger partial charge >= 0.3 is 0 Å². The minimum atomic E-state index is -0.379. The van der Waals surface area contributed by atoms with Gasteiger partial charge in [-0.05, 0) is 5.56 Å². The van der Waals surface area contributed by atoms with Crippen LogP contribution in [0.2, 0.25) is 0 Å². The van der Waals surface area contributed by atoms with Crippen molar-refractivity contribution < 1.29 is 9.90 Å². The van der Waals surface area contributed by atoms with E-state index in [-0.39, 0.29) is 18.3 Å². The van der Waals surface area contributed by atoms with Crippen LogP contribution < -0.4 is 0 Å². The second kappa shape index (κ2) is 4.02. The van der Waals surface area contributed by atoms with Gasteiger partial charge in [0.15, 0.2) is 5.78 Å². The van der Waals surface area contributed by atoms with Crippen LogP contribution in [-0.4, -0.2) is 17.5 Å². The molecule has 1 aromatic rings. The molecule has 1 atom stereocenters. The minimum absolute atomic E-state index is 0.138. The van der Waals surface area contributed by atoms with Gasteiger partial charge in [0, 0.05) is 5.92 Å². The Morgan fingerprint density at radius 1 is 1.42 bits per heavy atom. The molecular formula is C10H12O2. The summed E-state index contributed by atoms with van der Waals surface area (Å²) >= 11 is 0. The van der Waals surface area contributed by atoms with E-state index in [1.165, 1.54) is 0 Å². The molecule has 0 saturated heterocycles. The zero-order valence-electron chi connectivity index (χ0n) is 7.03. The molecule has 64 valence electrons. The van der Waals surface area contributed by atoms with Crippen LogP contribution in [0, 0.1) is 0 Å². The molecule has 1 N–H and O–H groups in total. The maximum atomic E-state index is 11.1. The summed E-state index contributed by atoms with van der Waals surface area (Å²) in [6.45, 7) is 1.42. The first-order valence-corrected chi connectivity index (χ1v) is 3.94. The second-order valence-electron chi connectivity index (χ2n) is 2.76. The highest BCUT2D eigenvalue weighted by Gasteiger charge is 2.12. The molecule has 0 radical (unpaired) electrons. The summed E-state index contributed by atoms with van der Waals surface area (Å²) in [5.41, 5.74) is 0.955. The summed E-state index contributed by atoms with van der Waals surface area (Å²) in [6.07, 6.45) is 0. The second-order valence-corrected chi connectivity index (χ2v) is 2.76. The van der Waals surface area contributed by atoms with Gasteiger partial charge in [0.2, 0.25) is 0 Å². The van der Waals surface area contributed by atoms with Gasteiger partial charge in [-0.1, -0.05) is 37.3 Å². The number of ketones is 1. The number of hydrogen-bond acceptors (Lipinski definition) is 2. The van der Waals surface area contributed by atoms with Crippen LogP contribution in [-0.2, 0) is 4.79 Å². The highest BCUT2D eigenvalue weighted by molar-refractivity contribution is 5.86. The highest BCUT2D eigenvalue weighted by atomic mass is 16.3. The predicted molar refractivity (Wildman–Crippen MR) is 46.9 cm³/mol. The van der Waals surface area contributed by atoms with E-state index in [0.717, 1.165) is 5.56 Å². The van der Waals surface area contributed by atoms with Gasteiger partial charge in [-0.25, -0.2) is 0 Å². The number of aliphatic hydroxyl groups excluding tert-OH is 1. The molecule has 12 heavy (non-hydrogen) atoms. The van der Waals surface area contributed by atoms with Crippen molar-refractivity contribution in [1.82, 2.24) is 0 Å². The van der Waals surface area contributed by atoms with Crippen molar-refractivity contribution in [1.29, 1.82) is 0 Å². The molecule has 0 heterocycles. The first-order chi connectivity index (χ1) is 5.75. The normalized spacial score (nSPS) is 12.5. The summed E-state index contributed by atoms with van der Waals surface area (Å²) in [5.74, 6) is -0.336. The molecule has 0 amide bonds. The maximum absolute atomic E-state index is 11.1. The number of benzene rings is 1. The lowest BCUT2D eigenvalue weighted by Gasteiger charge is -2.07. The Bertz CT molecular complexity index is 254. The molecular weight excluding hydrogens is 152 g/mol. The molecule has 0 saturated carbocycles. The first kappa shape index (κ1) is 8.94. The van der Waals surface area contributed by atoms with Crippen molar-refractivity contribution in [3.05, 3.63) is 35.9 Å². The van der Waals surface area contributed by atoms with Crippen molar-refractivity contribution in [3.8, 4) is 0 Å². The van der Waals surface area contributed by atoms with Crippen molar-refractivity contribution in [2.24, 2.45) is 0 Å². The molecule has 0 aliphatic carbocycles. The molecule has 0 aliphatic rings. The fraction of sp³-hybridized carbons (Fsp3) is 0.300. The van der Waals surface area contributed by atoms with Gasteiger partial charge in [-0.15, -0.1) is 0 Å². The fourth-order valence-electron chi connectivity index (χ4n) is 1.06. The van der Waals surface area contributed by atoms with Crippen LogP contribution in [0.4, 0.5) is 0 Å². The summed E-state index contributed by atoms with van der Waals surface area (Å²) in [5, 5.41) is 8.62. The molecule has 2 heteroatoms. The number of rotatable bonds is 3. The van der Waals surface area contributed by atoms with Gasteiger partial charge in [0.25, 0.3) is 0 Å². The monoisotopic (exact) mass is 164 g/mol. The van der Waals surface area contributed by atoms with Crippen LogP contribution in [0.1, 0.15) is 18.4 Å². The smallest absolute Gasteiger partial charge is 0.165 e. The van der Waals surface area contributed by atoms with Crippen molar-refractivity contribution in [2.75, 3.05) is 6.61 Å². The van der Waals surface area contributed by atoms with Gasteiger partial charge in [-0.3, -0.25) is 4.79 Å². The lowest BCUT2D eigenvalue weighted by Crippen LogP contribution is -2.12. The molecule has 1 rings (SSSR count). The van der Waals surface area contributed by atoms with E-state index < -0.39 is 0 Å². The molecule has 0 aromatic heterocycles. The van der Waals surface area contributed by atoms with E-state index in [9.17, 15) is 4.79 Å². The summed E-state index contributed by atoms with van der Waals surface area (Å²) < 4.78 is 0. The Hall–Kier alpha value is -1.15. The highest BCUT2D eigenvalue weighted by Crippen LogP contribution is 2.14. The van der Waals surface area contributed by atoms with E-state index in [2.05, 4.69) is 0 Å². The molecule has 0 spiro atoms. The zero-order chi connectivity index (χ0) is 8.97. The first-order valence-electron chi connectivity index (χ1n) is 3.94. The fourth-order valence-corrected chi connectivity index (χ4v) is 1.06. The third kappa shape index (κ3) is 1.92. The third-order valence-electron chi connectivity index (χ3n) is 1.94. The molecule has 1 unspecified atom stereocenters. The SMILES string of the molecule is CC(C(=O)CO)c1ccccc1. The lowest BCUT2D eigenvalue weighted by molar-refractivity contribution is -0.122. The van der Waals surface area contributed by atoms with Crippen LogP contribution in [0.25, 0.3) is 0 Å². The molecule has 0 fully saturated rings. The number of Topliss-reactive ketones (excluding diaryl/α,β-unsaturated/α-hetero) is 1. The Balaban J connectivity index is 2.78. The van der Waals surface area contributed by atoms with Crippen LogP contribution in [0.15, 0.2) is 30.3 Å². The third-order valence-corrected chi connectivity index (χ3v) is 1.94. The van der Waals surface area contributed by atoms with Crippen LogP contribution in [0.5, 0.6) is 0 Å². The van der Waals surface area contributed by atoms with Crippen molar-refractivity contribution >= 4 is 5.78 Å². The number of hydrogen-bond donors (Lipinski definition) is 1. The van der Waals surface area contributed by atoms with Crippen molar-refractivity contribution in [2.45, 2.75) is 12.8 Å². The van der Waals surface area contributed by atoms with Crippen LogP contribution >= 0.6 is 0 Å². The van der Waals surface area contributed by atoms with Crippen molar-refractivity contribution in [3.63, 3.8) is 0 Å². The van der Waals surface area contributed by atoms with E-state index in [1.54, 1.807) is 6.92 Å².